The van der Waals surface area contributed by atoms with Gasteiger partial charge in [0.05, 0.1) is 19.3 Å². The van der Waals surface area contributed by atoms with Crippen LogP contribution in [0, 0.1) is 0 Å². The van der Waals surface area contributed by atoms with Crippen molar-refractivity contribution in [1.29, 1.82) is 0 Å². The third kappa shape index (κ3) is 13.9. The first-order valence-electron chi connectivity index (χ1n) is 12.0. The number of rotatable bonds is 20. The number of imide groups is 1. The number of hydroxylamine groups is 2. The third-order valence-electron chi connectivity index (χ3n) is 5.09. The zero-order valence-corrected chi connectivity index (χ0v) is 24.2. The van der Waals surface area contributed by atoms with Crippen LogP contribution in [0.3, 0.4) is 0 Å². The average molecular weight is 628 g/mol. The fourth-order valence-electron chi connectivity index (χ4n) is 3.08. The van der Waals surface area contributed by atoms with Crippen molar-refractivity contribution in [3.05, 3.63) is 0 Å². The summed E-state index contributed by atoms with van der Waals surface area (Å²) in [5, 5.41) is 2.89. The van der Waals surface area contributed by atoms with Crippen LogP contribution in [0.5, 0.6) is 0 Å². The van der Waals surface area contributed by atoms with Crippen molar-refractivity contribution < 1.29 is 51.3 Å². The molecule has 1 saturated heterocycles. The Kier molecular flexibility index (Phi) is 16.2. The van der Waals surface area contributed by atoms with Gasteiger partial charge in [0, 0.05) is 18.7 Å². The highest BCUT2D eigenvalue weighted by Gasteiger charge is 2.48. The van der Waals surface area contributed by atoms with Crippen molar-refractivity contribution in [2.45, 2.75) is 56.2 Å². The fourth-order valence-corrected chi connectivity index (χ4v) is 5.78. The summed E-state index contributed by atoms with van der Waals surface area (Å²) in [4.78, 5) is 79.1. The third-order valence-corrected chi connectivity index (χ3v) is 8.44. The van der Waals surface area contributed by atoms with Crippen molar-refractivity contribution in [2.75, 3.05) is 31.7 Å². The SMILES string of the molecule is COC=NC(CSSCC(=O)NCC(=O)ON1C(=O)CC(S(=O)(=O)O)C1=O)C(=O)NCCCCCCCC(N)=O. The van der Waals surface area contributed by atoms with Crippen LogP contribution in [0.25, 0.3) is 0 Å². The lowest BCUT2D eigenvalue weighted by atomic mass is 10.1. The molecule has 16 nitrogen and oxygen atoms in total. The van der Waals surface area contributed by atoms with Crippen LogP contribution in [-0.4, -0.2) is 103 Å². The van der Waals surface area contributed by atoms with Crippen LogP contribution >= 0.6 is 21.6 Å². The smallest absolute Gasteiger partial charge is 0.352 e. The van der Waals surface area contributed by atoms with Gasteiger partial charge in [-0.2, -0.15) is 8.42 Å². The molecule has 0 bridgehead atoms. The van der Waals surface area contributed by atoms with E-state index in [1.165, 1.54) is 17.9 Å². The van der Waals surface area contributed by atoms with Crippen LogP contribution in [0.4, 0.5) is 0 Å². The summed E-state index contributed by atoms with van der Waals surface area (Å²) in [7, 11) is -1.20. The summed E-state index contributed by atoms with van der Waals surface area (Å²) >= 11 is 0. The molecule has 0 aromatic carbocycles. The van der Waals surface area contributed by atoms with Crippen molar-refractivity contribution in [2.24, 2.45) is 10.7 Å². The lowest BCUT2D eigenvalue weighted by Gasteiger charge is -2.13. The maximum absolute atomic E-state index is 12.4. The molecular formula is C21H33N5O11S3. The maximum atomic E-state index is 12.4. The molecule has 5 amide bonds. The maximum Gasteiger partial charge on any atom is 0.352 e. The summed E-state index contributed by atoms with van der Waals surface area (Å²) in [6.45, 7) is -0.263. The zero-order valence-electron chi connectivity index (χ0n) is 21.7. The van der Waals surface area contributed by atoms with Gasteiger partial charge in [-0.25, -0.2) is 9.79 Å². The summed E-state index contributed by atoms with van der Waals surface area (Å²) in [6, 6.07) is -0.770. The minimum absolute atomic E-state index is 0.0596. The molecule has 19 heteroatoms. The molecule has 1 heterocycles. The topological polar surface area (TPSA) is 241 Å². The van der Waals surface area contributed by atoms with E-state index in [-0.39, 0.29) is 28.4 Å². The van der Waals surface area contributed by atoms with Gasteiger partial charge in [-0.1, -0.05) is 40.9 Å². The highest BCUT2D eigenvalue weighted by molar-refractivity contribution is 8.76. The normalized spacial score (nSPS) is 16.1. The lowest BCUT2D eigenvalue weighted by Crippen LogP contribution is -2.40. The standard InChI is InChI=1S/C21H33N5O11S3/c1-36-13-25-14(20(31)23-8-6-4-2-3-5-7-16(22)27)11-38-39-12-17(28)24-10-19(30)37-26-18(29)9-15(21(26)32)40(33,34)35/h13-15H,2-12H2,1H3,(H2,22,27)(H,23,31)(H,24,28)(H,33,34,35). The van der Waals surface area contributed by atoms with Gasteiger partial charge in [0.1, 0.15) is 12.6 Å². The Balaban J connectivity index is 2.30. The Hall–Kier alpha value is -2.90. The monoisotopic (exact) mass is 627 g/mol. The predicted octanol–water partition coefficient (Wildman–Crippen LogP) is -1.06. The molecule has 2 atom stereocenters. The minimum Gasteiger partial charge on any atom is -0.487 e. The molecule has 0 radical (unpaired) electrons. The van der Waals surface area contributed by atoms with E-state index in [9.17, 15) is 37.2 Å². The fraction of sp³-hybridized carbons (Fsp3) is 0.667. The Labute approximate surface area is 239 Å². The van der Waals surface area contributed by atoms with Crippen molar-refractivity contribution in [3.8, 4) is 0 Å². The number of methoxy groups -OCH3 is 1. The molecule has 1 aliphatic heterocycles. The number of unbranched alkanes of at least 4 members (excludes halogenated alkanes) is 4. The second-order valence-electron chi connectivity index (χ2n) is 8.30. The van der Waals surface area contributed by atoms with Gasteiger partial charge in [0.25, 0.3) is 21.9 Å². The van der Waals surface area contributed by atoms with Gasteiger partial charge in [-0.05, 0) is 12.8 Å². The largest absolute Gasteiger partial charge is 0.487 e. The van der Waals surface area contributed by atoms with Gasteiger partial charge < -0.3 is 25.9 Å². The molecule has 226 valence electrons. The molecule has 0 spiro atoms. The molecule has 0 aromatic rings. The van der Waals surface area contributed by atoms with Gasteiger partial charge >= 0.3 is 5.97 Å². The van der Waals surface area contributed by atoms with Crippen molar-refractivity contribution in [3.63, 3.8) is 0 Å². The Morgan fingerprint density at radius 1 is 1.15 bits per heavy atom. The number of nitrogens with two attached hydrogens (primary N) is 1. The van der Waals surface area contributed by atoms with E-state index in [0.717, 1.165) is 49.3 Å². The minimum atomic E-state index is -4.85. The quantitative estimate of drug-likeness (QED) is 0.0315. The molecule has 0 aromatic heterocycles. The Bertz CT molecular complexity index is 1050. The summed E-state index contributed by atoms with van der Waals surface area (Å²) < 4.78 is 36.0. The molecule has 2 unspecified atom stereocenters. The second-order valence-corrected chi connectivity index (χ2v) is 12.4. The molecule has 1 fully saturated rings. The number of hydrogen-bond donors (Lipinski definition) is 4. The number of hydrogen-bond acceptors (Lipinski definition) is 13. The van der Waals surface area contributed by atoms with Crippen LogP contribution in [-0.2, 0) is 48.5 Å². The van der Waals surface area contributed by atoms with Gasteiger partial charge in [-0.3, -0.25) is 28.5 Å². The molecule has 1 rings (SSSR count). The van der Waals surface area contributed by atoms with Crippen molar-refractivity contribution in [1.82, 2.24) is 15.7 Å². The summed E-state index contributed by atoms with van der Waals surface area (Å²) in [5.41, 5.74) is 5.09. The van der Waals surface area contributed by atoms with Crippen LogP contribution < -0.4 is 16.4 Å². The first kappa shape index (κ1) is 35.1. The van der Waals surface area contributed by atoms with Crippen LogP contribution in [0.2, 0.25) is 0 Å². The Morgan fingerprint density at radius 2 is 1.82 bits per heavy atom. The summed E-state index contributed by atoms with van der Waals surface area (Å²) in [6.07, 6.45) is 4.82. The van der Waals surface area contributed by atoms with Gasteiger partial charge in [0.15, 0.2) is 11.7 Å². The highest BCUT2D eigenvalue weighted by atomic mass is 33.1. The average Bonchev–Trinajstić information content (AvgIpc) is 3.17. The van der Waals surface area contributed by atoms with Gasteiger partial charge in [-0.15, -0.1) is 5.06 Å². The van der Waals surface area contributed by atoms with E-state index in [4.69, 9.17) is 15.0 Å². The van der Waals surface area contributed by atoms with Gasteiger partial charge in [0.2, 0.25) is 17.7 Å². The van der Waals surface area contributed by atoms with Crippen LogP contribution in [0.15, 0.2) is 4.99 Å². The number of aliphatic imine (C=N–C) groups is 1. The van der Waals surface area contributed by atoms with E-state index in [0.29, 0.717) is 13.0 Å². The molecule has 0 saturated carbocycles. The zero-order chi connectivity index (χ0) is 30.1. The number of carbonyl (C=O) groups excluding carboxylic acids is 6. The van der Waals surface area contributed by atoms with E-state index in [1.54, 1.807) is 0 Å². The first-order chi connectivity index (χ1) is 18.9. The highest BCUT2D eigenvalue weighted by Crippen LogP contribution is 2.23. The Morgan fingerprint density at radius 3 is 2.45 bits per heavy atom. The van der Waals surface area contributed by atoms with E-state index in [2.05, 4.69) is 20.5 Å². The molecular weight excluding hydrogens is 594 g/mol. The van der Waals surface area contributed by atoms with E-state index >= 15 is 0 Å². The number of nitrogens with one attached hydrogen (secondary N) is 2. The molecule has 0 aliphatic carbocycles. The number of amides is 5. The molecule has 40 heavy (non-hydrogen) atoms. The summed E-state index contributed by atoms with van der Waals surface area (Å²) in [5.74, 6) is -4.89. The van der Waals surface area contributed by atoms with Crippen molar-refractivity contribution >= 4 is 73.6 Å². The van der Waals surface area contributed by atoms with E-state index < -0.39 is 58.1 Å². The first-order valence-corrected chi connectivity index (χ1v) is 16.0. The molecule has 1 aliphatic rings. The van der Waals surface area contributed by atoms with Crippen LogP contribution in [0.1, 0.15) is 44.9 Å². The predicted molar refractivity (Wildman–Crippen MR) is 145 cm³/mol. The number of carbonyl (C=O) groups is 6. The second kappa shape index (κ2) is 18.4. The number of ether oxygens (including phenoxy) is 1. The number of primary amides is 1. The molecule has 5 N–H and O–H groups in total. The van der Waals surface area contributed by atoms with E-state index in [1.807, 2.05) is 0 Å². The lowest BCUT2D eigenvalue weighted by molar-refractivity contribution is -0.196. The number of nitrogens with zero attached hydrogens (tertiary/aromatic N) is 2.